The predicted octanol–water partition coefficient (Wildman–Crippen LogP) is 3.87. The molecule has 0 saturated carbocycles. The van der Waals surface area contributed by atoms with Crippen LogP contribution in [0.5, 0.6) is 0 Å². The highest BCUT2D eigenvalue weighted by Gasteiger charge is 2.16. The fourth-order valence-corrected chi connectivity index (χ4v) is 3.75. The van der Waals surface area contributed by atoms with Crippen LogP contribution in [0.25, 0.3) is 0 Å². The molecule has 0 radical (unpaired) electrons. The number of unbranched alkanes of at least 4 members (excludes halogenated alkanes) is 2. The van der Waals surface area contributed by atoms with Crippen molar-refractivity contribution < 1.29 is 18.0 Å². The van der Waals surface area contributed by atoms with Gasteiger partial charge >= 0.3 is 6.03 Å². The number of anilines is 3. The van der Waals surface area contributed by atoms with Gasteiger partial charge in [-0.25, -0.2) is 13.2 Å². The number of sulfone groups is 1. The Hall–Kier alpha value is -2.87. The molecule has 0 aliphatic carbocycles. The summed E-state index contributed by atoms with van der Waals surface area (Å²) in [6.45, 7) is 1.99. The van der Waals surface area contributed by atoms with Crippen molar-refractivity contribution >= 4 is 38.8 Å². The number of para-hydroxylation sites is 1. The summed E-state index contributed by atoms with van der Waals surface area (Å²) in [5, 5.41) is 7.94. The molecule has 0 aromatic heterocycles. The molecule has 28 heavy (non-hydrogen) atoms. The van der Waals surface area contributed by atoms with Gasteiger partial charge in [-0.3, -0.25) is 4.79 Å². The lowest BCUT2D eigenvalue weighted by Crippen LogP contribution is -2.24. The Balaban J connectivity index is 1.83. The van der Waals surface area contributed by atoms with Gasteiger partial charge < -0.3 is 16.0 Å². The fourth-order valence-electron chi connectivity index (χ4n) is 2.49. The molecule has 0 saturated heterocycles. The number of benzene rings is 2. The van der Waals surface area contributed by atoms with E-state index in [9.17, 15) is 18.0 Å². The Morgan fingerprint density at radius 1 is 0.786 bits per heavy atom. The first-order chi connectivity index (χ1) is 13.4. The molecule has 0 aliphatic heterocycles. The fraction of sp³-hybridized carbons (Fsp3) is 0.300. The van der Waals surface area contributed by atoms with Crippen LogP contribution in [0.15, 0.2) is 54.6 Å². The Bertz CT molecular complexity index is 881. The molecule has 150 valence electrons. The van der Waals surface area contributed by atoms with Gasteiger partial charge in [-0.1, -0.05) is 38.0 Å². The smallest absolute Gasteiger partial charge is 0.323 e. The van der Waals surface area contributed by atoms with Crippen molar-refractivity contribution in [1.29, 1.82) is 0 Å². The number of urea groups is 1. The third kappa shape index (κ3) is 7.79. The van der Waals surface area contributed by atoms with E-state index in [1.54, 1.807) is 36.4 Å². The van der Waals surface area contributed by atoms with Gasteiger partial charge in [0.1, 0.15) is 5.75 Å². The van der Waals surface area contributed by atoms with Gasteiger partial charge in [0, 0.05) is 17.1 Å². The first kappa shape index (κ1) is 21.4. The van der Waals surface area contributed by atoms with Gasteiger partial charge in [0.2, 0.25) is 5.91 Å². The maximum Gasteiger partial charge on any atom is 0.323 e. The summed E-state index contributed by atoms with van der Waals surface area (Å²) in [7, 11) is -3.40. The quantitative estimate of drug-likeness (QED) is 0.553. The van der Waals surface area contributed by atoms with E-state index in [-0.39, 0.29) is 11.8 Å². The van der Waals surface area contributed by atoms with Crippen molar-refractivity contribution in [3.8, 4) is 0 Å². The number of rotatable bonds is 9. The second kappa shape index (κ2) is 10.5. The molecule has 0 aliphatic rings. The summed E-state index contributed by atoms with van der Waals surface area (Å²) in [4.78, 5) is 23.9. The molecule has 0 fully saturated rings. The zero-order valence-electron chi connectivity index (χ0n) is 15.8. The maximum atomic E-state index is 12.0. The second-order valence-electron chi connectivity index (χ2n) is 6.37. The molecule has 2 rings (SSSR count). The summed E-state index contributed by atoms with van der Waals surface area (Å²) < 4.78 is 23.8. The van der Waals surface area contributed by atoms with E-state index in [1.807, 2.05) is 25.1 Å². The number of carbonyl (C=O) groups is 2. The first-order valence-corrected chi connectivity index (χ1v) is 10.9. The zero-order valence-corrected chi connectivity index (χ0v) is 16.6. The van der Waals surface area contributed by atoms with Crippen LogP contribution in [-0.4, -0.2) is 31.9 Å². The van der Waals surface area contributed by atoms with Crippen LogP contribution < -0.4 is 16.0 Å². The van der Waals surface area contributed by atoms with Crippen LogP contribution >= 0.6 is 0 Å². The van der Waals surface area contributed by atoms with Crippen LogP contribution in [0, 0.1) is 0 Å². The third-order valence-electron chi connectivity index (χ3n) is 3.87. The van der Waals surface area contributed by atoms with Crippen molar-refractivity contribution in [1.82, 2.24) is 0 Å². The van der Waals surface area contributed by atoms with E-state index in [2.05, 4.69) is 16.0 Å². The van der Waals surface area contributed by atoms with Crippen molar-refractivity contribution in [2.75, 3.05) is 27.5 Å². The van der Waals surface area contributed by atoms with Crippen molar-refractivity contribution in [2.45, 2.75) is 26.2 Å². The standard InChI is InChI=1S/C20H25N3O4S/c1-2-3-7-14-28(26,27)15-19(24)21-17-10-12-18(13-11-17)23-20(25)22-16-8-5-4-6-9-16/h4-6,8-13H,2-3,7,14-15H2,1H3,(H,21,24)(H2,22,23,25). The van der Waals surface area contributed by atoms with Crippen LogP contribution in [0.4, 0.5) is 21.9 Å². The average molecular weight is 404 g/mol. The highest BCUT2D eigenvalue weighted by molar-refractivity contribution is 7.92. The maximum absolute atomic E-state index is 12.0. The Morgan fingerprint density at radius 3 is 1.89 bits per heavy atom. The van der Waals surface area contributed by atoms with Crippen molar-refractivity contribution in [3.05, 3.63) is 54.6 Å². The van der Waals surface area contributed by atoms with Crippen molar-refractivity contribution in [2.24, 2.45) is 0 Å². The highest BCUT2D eigenvalue weighted by Crippen LogP contribution is 2.14. The molecule has 3 N–H and O–H groups in total. The molecule has 0 heterocycles. The molecule has 0 atom stereocenters. The second-order valence-corrected chi connectivity index (χ2v) is 8.55. The van der Waals surface area contributed by atoms with Gasteiger partial charge in [0.25, 0.3) is 0 Å². The largest absolute Gasteiger partial charge is 0.325 e. The molecular weight excluding hydrogens is 378 g/mol. The molecule has 8 heteroatoms. The summed E-state index contributed by atoms with van der Waals surface area (Å²) in [6, 6.07) is 15.1. The van der Waals surface area contributed by atoms with Crippen LogP contribution in [0.1, 0.15) is 26.2 Å². The van der Waals surface area contributed by atoms with Gasteiger partial charge in [-0.15, -0.1) is 0 Å². The summed E-state index contributed by atoms with van der Waals surface area (Å²) >= 11 is 0. The predicted molar refractivity (Wildman–Crippen MR) is 112 cm³/mol. The van der Waals surface area contributed by atoms with Gasteiger partial charge in [-0.2, -0.15) is 0 Å². The number of hydrogen-bond acceptors (Lipinski definition) is 4. The monoisotopic (exact) mass is 403 g/mol. The van der Waals surface area contributed by atoms with E-state index < -0.39 is 21.5 Å². The zero-order chi connectivity index (χ0) is 20.4. The van der Waals surface area contributed by atoms with Crippen LogP contribution in [-0.2, 0) is 14.6 Å². The Kier molecular flexibility index (Phi) is 8.01. The van der Waals surface area contributed by atoms with Gasteiger partial charge in [-0.05, 0) is 42.8 Å². The van der Waals surface area contributed by atoms with Gasteiger partial charge in [0.05, 0.1) is 5.75 Å². The lowest BCUT2D eigenvalue weighted by molar-refractivity contribution is -0.113. The van der Waals surface area contributed by atoms with E-state index in [0.717, 1.165) is 12.8 Å². The summed E-state index contributed by atoms with van der Waals surface area (Å²) in [5.41, 5.74) is 1.67. The molecule has 2 aromatic rings. The van der Waals surface area contributed by atoms with E-state index in [4.69, 9.17) is 0 Å². The first-order valence-electron chi connectivity index (χ1n) is 9.11. The minimum absolute atomic E-state index is 0.0215. The molecule has 0 bridgehead atoms. The average Bonchev–Trinajstić information content (AvgIpc) is 2.63. The SMILES string of the molecule is CCCCCS(=O)(=O)CC(=O)Nc1ccc(NC(=O)Nc2ccccc2)cc1. The Labute approximate surface area is 165 Å². The minimum Gasteiger partial charge on any atom is -0.325 e. The number of nitrogens with one attached hydrogen (secondary N) is 3. The molecule has 7 nitrogen and oxygen atoms in total. The summed E-state index contributed by atoms with van der Waals surface area (Å²) in [5.74, 6) is -1.08. The normalized spacial score (nSPS) is 10.9. The van der Waals surface area contributed by atoms with E-state index in [1.165, 1.54) is 0 Å². The number of carbonyl (C=O) groups excluding carboxylic acids is 2. The molecule has 2 aromatic carbocycles. The third-order valence-corrected chi connectivity index (χ3v) is 5.48. The van der Waals surface area contributed by atoms with Crippen LogP contribution in [0.2, 0.25) is 0 Å². The number of amides is 3. The lowest BCUT2D eigenvalue weighted by Gasteiger charge is -2.09. The van der Waals surface area contributed by atoms with Crippen molar-refractivity contribution in [3.63, 3.8) is 0 Å². The highest BCUT2D eigenvalue weighted by atomic mass is 32.2. The minimum atomic E-state index is -3.40. The molecule has 0 unspecified atom stereocenters. The topological polar surface area (TPSA) is 104 Å². The summed E-state index contributed by atoms with van der Waals surface area (Å²) in [6.07, 6.45) is 2.32. The lowest BCUT2D eigenvalue weighted by atomic mass is 10.3. The van der Waals surface area contributed by atoms with Crippen LogP contribution in [0.3, 0.4) is 0 Å². The molecule has 3 amide bonds. The van der Waals surface area contributed by atoms with E-state index >= 15 is 0 Å². The van der Waals surface area contributed by atoms with Gasteiger partial charge in [0.15, 0.2) is 9.84 Å². The molecular formula is C20H25N3O4S. The molecule has 0 spiro atoms. The number of hydrogen-bond donors (Lipinski definition) is 3. The van der Waals surface area contributed by atoms with E-state index in [0.29, 0.717) is 23.5 Å². The Morgan fingerprint density at radius 2 is 1.32 bits per heavy atom.